The third-order valence-corrected chi connectivity index (χ3v) is 4.83. The Bertz CT molecular complexity index is 840. The van der Waals surface area contributed by atoms with Gasteiger partial charge in [0.15, 0.2) is 6.20 Å². The summed E-state index contributed by atoms with van der Waals surface area (Å²) in [7, 11) is 2.10. The van der Waals surface area contributed by atoms with Gasteiger partial charge in [0.25, 0.3) is 0 Å². The second kappa shape index (κ2) is 4.25. The Hall–Kier alpha value is -2.00. The fourth-order valence-corrected chi connectivity index (χ4v) is 3.79. The summed E-state index contributed by atoms with van der Waals surface area (Å²) in [5.41, 5.74) is 4.96. The lowest BCUT2D eigenvalue weighted by Gasteiger charge is -2.21. The van der Waals surface area contributed by atoms with E-state index >= 15 is 0 Å². The third kappa shape index (κ3) is 1.70. The number of aromatic nitrogens is 1. The lowest BCUT2D eigenvalue weighted by molar-refractivity contribution is -0.646. The number of pyridine rings is 1. The van der Waals surface area contributed by atoms with Gasteiger partial charge in [-0.3, -0.25) is 0 Å². The van der Waals surface area contributed by atoms with Crippen molar-refractivity contribution in [3.05, 3.63) is 54.2 Å². The molecule has 0 aliphatic carbocycles. The maximum atomic E-state index is 3.62. The summed E-state index contributed by atoms with van der Waals surface area (Å²) in [6, 6.07) is 15.1. The van der Waals surface area contributed by atoms with E-state index in [4.69, 9.17) is 0 Å². The van der Waals surface area contributed by atoms with Gasteiger partial charge in [-0.2, -0.15) is 4.57 Å². The largest absolute Gasteiger partial charge is 0.353 e. The Kier molecular flexibility index (Phi) is 2.51. The SMILES string of the molecule is Cc1ccc2c(c1)Nc1c(c[n+](C)c3ccccc13)S2. The lowest BCUT2D eigenvalue weighted by atomic mass is 10.1. The molecule has 4 rings (SSSR count). The molecule has 0 fully saturated rings. The van der Waals surface area contributed by atoms with Gasteiger partial charge in [0, 0.05) is 11.0 Å². The summed E-state index contributed by atoms with van der Waals surface area (Å²) in [6.45, 7) is 2.13. The van der Waals surface area contributed by atoms with Crippen LogP contribution in [0, 0.1) is 6.92 Å². The summed E-state index contributed by atoms with van der Waals surface area (Å²) in [5, 5.41) is 4.89. The van der Waals surface area contributed by atoms with Crippen LogP contribution < -0.4 is 9.88 Å². The molecule has 3 heteroatoms. The zero-order valence-corrected chi connectivity index (χ0v) is 12.3. The molecule has 1 aliphatic rings. The maximum Gasteiger partial charge on any atom is 0.214 e. The van der Waals surface area contributed by atoms with Crippen LogP contribution in [0.4, 0.5) is 11.4 Å². The average Bonchev–Trinajstić information content (AvgIpc) is 2.46. The Morgan fingerprint density at radius 3 is 2.80 bits per heavy atom. The lowest BCUT2D eigenvalue weighted by Crippen LogP contribution is -2.29. The molecule has 0 unspecified atom stereocenters. The highest BCUT2D eigenvalue weighted by Crippen LogP contribution is 2.46. The molecule has 3 aromatic rings. The number of nitrogens with zero attached hydrogens (tertiary/aromatic N) is 1. The monoisotopic (exact) mass is 279 g/mol. The molecule has 1 aromatic heterocycles. The molecule has 98 valence electrons. The first kappa shape index (κ1) is 11.8. The predicted octanol–water partition coefficient (Wildman–Crippen LogP) is 4.18. The van der Waals surface area contributed by atoms with E-state index in [9.17, 15) is 0 Å². The highest BCUT2D eigenvalue weighted by Gasteiger charge is 2.22. The van der Waals surface area contributed by atoms with Crippen LogP contribution in [0.2, 0.25) is 0 Å². The number of aryl methyl sites for hydroxylation is 2. The van der Waals surface area contributed by atoms with Crippen molar-refractivity contribution in [3.63, 3.8) is 0 Å². The number of hydrogen-bond acceptors (Lipinski definition) is 2. The van der Waals surface area contributed by atoms with Crippen LogP contribution in [0.5, 0.6) is 0 Å². The predicted molar refractivity (Wildman–Crippen MR) is 83.7 cm³/mol. The van der Waals surface area contributed by atoms with E-state index < -0.39 is 0 Å². The molecular weight excluding hydrogens is 264 g/mol. The molecular formula is C17H15N2S+. The molecule has 1 N–H and O–H groups in total. The zero-order chi connectivity index (χ0) is 13.7. The Labute approximate surface area is 122 Å². The molecule has 2 nitrogen and oxygen atoms in total. The summed E-state index contributed by atoms with van der Waals surface area (Å²) in [4.78, 5) is 2.57. The molecule has 2 heterocycles. The van der Waals surface area contributed by atoms with E-state index in [1.165, 1.54) is 37.6 Å². The van der Waals surface area contributed by atoms with Crippen LogP contribution in [-0.2, 0) is 7.05 Å². The Morgan fingerprint density at radius 2 is 1.90 bits per heavy atom. The van der Waals surface area contributed by atoms with Crippen molar-refractivity contribution in [1.29, 1.82) is 0 Å². The average molecular weight is 279 g/mol. The van der Waals surface area contributed by atoms with E-state index in [0.717, 1.165) is 0 Å². The van der Waals surface area contributed by atoms with Crippen molar-refractivity contribution in [2.75, 3.05) is 5.32 Å². The maximum absolute atomic E-state index is 3.62. The number of hydrogen-bond donors (Lipinski definition) is 1. The first-order chi connectivity index (χ1) is 9.72. The summed E-state index contributed by atoms with van der Waals surface area (Å²) < 4.78 is 2.20. The standard InChI is InChI=1S/C17H14N2S/c1-11-7-8-15-13(9-11)18-17-12-5-3-4-6-14(12)19(2)10-16(17)20-15/h3-10H,1-2H3/p+1. The van der Waals surface area contributed by atoms with Crippen molar-refractivity contribution < 1.29 is 4.57 Å². The topological polar surface area (TPSA) is 15.9 Å². The molecule has 2 aromatic carbocycles. The third-order valence-electron chi connectivity index (χ3n) is 3.73. The summed E-state index contributed by atoms with van der Waals surface area (Å²) >= 11 is 1.84. The fourth-order valence-electron chi connectivity index (χ4n) is 2.73. The Balaban J connectivity index is 1.98. The van der Waals surface area contributed by atoms with Crippen LogP contribution in [0.15, 0.2) is 58.5 Å². The fraction of sp³-hybridized carbons (Fsp3) is 0.118. The molecule has 0 radical (unpaired) electrons. The molecule has 0 bridgehead atoms. The van der Waals surface area contributed by atoms with Gasteiger partial charge in [0.05, 0.1) is 16.8 Å². The van der Waals surface area contributed by atoms with Gasteiger partial charge in [-0.05, 0) is 30.7 Å². The number of fused-ring (bicyclic) bond motifs is 4. The molecule has 0 saturated heterocycles. The minimum atomic E-state index is 1.21. The summed E-state index contributed by atoms with van der Waals surface area (Å²) in [6.07, 6.45) is 2.21. The number of benzene rings is 2. The Morgan fingerprint density at radius 1 is 1.05 bits per heavy atom. The number of anilines is 2. The first-order valence-corrected chi connectivity index (χ1v) is 7.51. The van der Waals surface area contributed by atoms with Crippen LogP contribution in [0.1, 0.15) is 5.56 Å². The number of nitrogens with one attached hydrogen (secondary N) is 1. The smallest absolute Gasteiger partial charge is 0.214 e. The molecule has 0 saturated carbocycles. The summed E-state index contributed by atoms with van der Waals surface area (Å²) in [5.74, 6) is 0. The van der Waals surface area contributed by atoms with Crippen LogP contribution in [0.3, 0.4) is 0 Å². The quantitative estimate of drug-likeness (QED) is 0.486. The second-order valence-electron chi connectivity index (χ2n) is 5.22. The van der Waals surface area contributed by atoms with Crippen LogP contribution >= 0.6 is 11.8 Å². The van der Waals surface area contributed by atoms with Gasteiger partial charge < -0.3 is 5.32 Å². The van der Waals surface area contributed by atoms with E-state index in [0.29, 0.717) is 0 Å². The molecule has 20 heavy (non-hydrogen) atoms. The van der Waals surface area contributed by atoms with Crippen molar-refractivity contribution in [2.24, 2.45) is 7.05 Å². The van der Waals surface area contributed by atoms with Gasteiger partial charge in [0.1, 0.15) is 11.9 Å². The first-order valence-electron chi connectivity index (χ1n) is 6.69. The van der Waals surface area contributed by atoms with Gasteiger partial charge in [0.2, 0.25) is 5.52 Å². The number of rotatable bonds is 0. The van der Waals surface area contributed by atoms with Crippen molar-refractivity contribution in [3.8, 4) is 0 Å². The van der Waals surface area contributed by atoms with Gasteiger partial charge in [-0.1, -0.05) is 30.0 Å². The molecule has 0 amide bonds. The minimum absolute atomic E-state index is 1.21. The molecule has 0 atom stereocenters. The van der Waals surface area contributed by atoms with Crippen molar-refractivity contribution in [1.82, 2.24) is 0 Å². The van der Waals surface area contributed by atoms with Gasteiger partial charge >= 0.3 is 0 Å². The highest BCUT2D eigenvalue weighted by atomic mass is 32.2. The van der Waals surface area contributed by atoms with Crippen LogP contribution in [-0.4, -0.2) is 0 Å². The van der Waals surface area contributed by atoms with E-state index in [-0.39, 0.29) is 0 Å². The molecule has 0 spiro atoms. The minimum Gasteiger partial charge on any atom is -0.353 e. The van der Waals surface area contributed by atoms with E-state index in [2.05, 4.69) is 72.5 Å². The zero-order valence-electron chi connectivity index (χ0n) is 11.5. The van der Waals surface area contributed by atoms with E-state index in [1.807, 2.05) is 11.8 Å². The van der Waals surface area contributed by atoms with Crippen molar-refractivity contribution in [2.45, 2.75) is 16.7 Å². The molecule has 1 aliphatic heterocycles. The van der Waals surface area contributed by atoms with Gasteiger partial charge in [-0.25, -0.2) is 0 Å². The van der Waals surface area contributed by atoms with E-state index in [1.54, 1.807) is 0 Å². The normalized spacial score (nSPS) is 12.7. The van der Waals surface area contributed by atoms with Crippen molar-refractivity contribution >= 4 is 34.0 Å². The van der Waals surface area contributed by atoms with Gasteiger partial charge in [-0.15, -0.1) is 0 Å². The second-order valence-corrected chi connectivity index (χ2v) is 6.31. The van der Waals surface area contributed by atoms with Crippen LogP contribution in [0.25, 0.3) is 10.9 Å². The number of para-hydroxylation sites is 1. The highest BCUT2D eigenvalue weighted by molar-refractivity contribution is 7.99.